The molecule has 0 bridgehead atoms. The number of nitrogens with zero attached hydrogens (tertiary/aromatic N) is 3. The molecule has 0 spiro atoms. The molecule has 0 aliphatic heterocycles. The van der Waals surface area contributed by atoms with Crippen LogP contribution in [0.1, 0.15) is 22.5 Å². The maximum absolute atomic E-state index is 14.8. The summed E-state index contributed by atoms with van der Waals surface area (Å²) in [6.07, 6.45) is -0.151. The number of hydrogen-bond acceptors (Lipinski definition) is 3. The molecule has 0 aliphatic rings. The van der Waals surface area contributed by atoms with Crippen LogP contribution in [0.15, 0.2) is 30.3 Å². The molecular formula is C21H17F3N4O2. The van der Waals surface area contributed by atoms with E-state index in [2.05, 4.69) is 15.1 Å². The normalized spacial score (nSPS) is 11.4. The molecular weight excluding hydrogens is 397 g/mol. The van der Waals surface area contributed by atoms with Gasteiger partial charge in [-0.15, -0.1) is 0 Å². The fourth-order valence-electron chi connectivity index (χ4n) is 3.46. The summed E-state index contributed by atoms with van der Waals surface area (Å²) in [5.41, 5.74) is 2.74. The highest BCUT2D eigenvalue weighted by atomic mass is 19.1. The molecule has 30 heavy (non-hydrogen) atoms. The van der Waals surface area contributed by atoms with Crippen molar-refractivity contribution in [2.24, 2.45) is 0 Å². The third-order valence-electron chi connectivity index (χ3n) is 5.01. The molecule has 4 rings (SSSR count). The van der Waals surface area contributed by atoms with Crippen molar-refractivity contribution < 1.29 is 23.1 Å². The summed E-state index contributed by atoms with van der Waals surface area (Å²) < 4.78 is 43.6. The smallest absolute Gasteiger partial charge is 0.307 e. The van der Waals surface area contributed by atoms with Crippen molar-refractivity contribution in [3.63, 3.8) is 0 Å². The van der Waals surface area contributed by atoms with Crippen LogP contribution in [-0.2, 0) is 17.8 Å². The number of aromatic nitrogens is 4. The number of carboxylic acids is 1. The van der Waals surface area contributed by atoms with E-state index in [4.69, 9.17) is 5.11 Å². The lowest BCUT2D eigenvalue weighted by molar-refractivity contribution is -0.136. The minimum Gasteiger partial charge on any atom is -0.481 e. The Kier molecular flexibility index (Phi) is 4.81. The Hall–Kier alpha value is -3.62. The minimum atomic E-state index is -0.960. The number of benzene rings is 2. The van der Waals surface area contributed by atoms with Gasteiger partial charge in [0, 0.05) is 28.5 Å². The molecule has 0 saturated carbocycles. The SMILES string of the molecule is Cc1nn(Cc2ccc(-c3nc4c(F)cc(F)cc4[nH]3)cc2F)c(C)c1CC(=O)O. The van der Waals surface area contributed by atoms with Crippen LogP contribution >= 0.6 is 0 Å². The second-order valence-electron chi connectivity index (χ2n) is 7.05. The molecule has 0 radical (unpaired) electrons. The first kappa shape index (κ1) is 19.7. The summed E-state index contributed by atoms with van der Waals surface area (Å²) in [4.78, 5) is 17.9. The zero-order valence-electron chi connectivity index (χ0n) is 16.1. The van der Waals surface area contributed by atoms with Crippen LogP contribution in [0.5, 0.6) is 0 Å². The standard InChI is InChI=1S/C21H17F3N4O2/c1-10-15(8-19(29)30)11(2)28(27-10)9-13-4-3-12(5-16(13)23)21-25-18-7-14(22)6-17(24)20(18)26-21/h3-7H,8-9H2,1-2H3,(H,25,26)(H,29,30). The number of rotatable bonds is 5. The summed E-state index contributed by atoms with van der Waals surface area (Å²) in [6, 6.07) is 6.29. The Balaban J connectivity index is 1.65. The number of imidazole rings is 1. The van der Waals surface area contributed by atoms with Crippen molar-refractivity contribution in [2.75, 3.05) is 0 Å². The number of halogens is 3. The Morgan fingerprint density at radius 1 is 1.13 bits per heavy atom. The molecule has 0 unspecified atom stereocenters. The fraction of sp³-hybridized carbons (Fsp3) is 0.190. The molecule has 2 aromatic carbocycles. The van der Waals surface area contributed by atoms with Gasteiger partial charge in [0.2, 0.25) is 0 Å². The summed E-state index contributed by atoms with van der Waals surface area (Å²) in [7, 11) is 0. The Morgan fingerprint density at radius 3 is 2.60 bits per heavy atom. The highest BCUT2D eigenvalue weighted by Crippen LogP contribution is 2.25. The number of carbonyl (C=O) groups is 1. The van der Waals surface area contributed by atoms with Gasteiger partial charge in [-0.2, -0.15) is 5.10 Å². The first-order valence-electron chi connectivity index (χ1n) is 9.11. The van der Waals surface area contributed by atoms with Crippen molar-refractivity contribution in [3.8, 4) is 11.4 Å². The molecule has 0 fully saturated rings. The van der Waals surface area contributed by atoms with E-state index in [-0.39, 0.29) is 29.8 Å². The second-order valence-corrected chi connectivity index (χ2v) is 7.05. The molecule has 0 amide bonds. The number of fused-ring (bicyclic) bond motifs is 1. The van der Waals surface area contributed by atoms with Gasteiger partial charge in [0.1, 0.15) is 23.0 Å². The third kappa shape index (κ3) is 3.54. The van der Waals surface area contributed by atoms with Crippen LogP contribution < -0.4 is 0 Å². The van der Waals surface area contributed by atoms with Gasteiger partial charge in [-0.3, -0.25) is 9.48 Å². The first-order valence-corrected chi connectivity index (χ1v) is 9.11. The molecule has 154 valence electrons. The van der Waals surface area contributed by atoms with Gasteiger partial charge in [-0.05, 0) is 26.0 Å². The van der Waals surface area contributed by atoms with Crippen LogP contribution in [-0.4, -0.2) is 30.8 Å². The number of nitrogens with one attached hydrogen (secondary N) is 1. The lowest BCUT2D eigenvalue weighted by Crippen LogP contribution is -2.07. The topological polar surface area (TPSA) is 83.8 Å². The van der Waals surface area contributed by atoms with Crippen LogP contribution in [0.3, 0.4) is 0 Å². The number of aliphatic carboxylic acids is 1. The van der Waals surface area contributed by atoms with Crippen LogP contribution in [0, 0.1) is 31.3 Å². The van der Waals surface area contributed by atoms with Gasteiger partial charge in [-0.1, -0.05) is 12.1 Å². The molecule has 9 heteroatoms. The molecule has 2 aromatic heterocycles. The van der Waals surface area contributed by atoms with E-state index in [0.29, 0.717) is 28.1 Å². The van der Waals surface area contributed by atoms with Crippen molar-refractivity contribution in [2.45, 2.75) is 26.8 Å². The first-order chi connectivity index (χ1) is 14.2. The maximum atomic E-state index is 14.8. The number of H-pyrrole nitrogens is 1. The summed E-state index contributed by atoms with van der Waals surface area (Å²) >= 11 is 0. The molecule has 2 heterocycles. The number of carboxylic acid groups (broad SMARTS) is 1. The minimum absolute atomic E-state index is 0.0236. The van der Waals surface area contributed by atoms with E-state index in [1.165, 1.54) is 6.07 Å². The lowest BCUT2D eigenvalue weighted by atomic mass is 10.1. The number of hydrogen-bond donors (Lipinski definition) is 2. The van der Waals surface area contributed by atoms with E-state index in [0.717, 1.165) is 12.1 Å². The fourth-order valence-corrected chi connectivity index (χ4v) is 3.46. The van der Waals surface area contributed by atoms with Gasteiger partial charge in [0.25, 0.3) is 0 Å². The van der Waals surface area contributed by atoms with E-state index < -0.39 is 23.4 Å². The number of aryl methyl sites for hydroxylation is 1. The van der Waals surface area contributed by atoms with E-state index >= 15 is 0 Å². The maximum Gasteiger partial charge on any atom is 0.307 e. The largest absolute Gasteiger partial charge is 0.481 e. The molecule has 0 aliphatic carbocycles. The van der Waals surface area contributed by atoms with Gasteiger partial charge in [0.15, 0.2) is 5.82 Å². The van der Waals surface area contributed by atoms with E-state index in [9.17, 15) is 18.0 Å². The van der Waals surface area contributed by atoms with Crippen LogP contribution in [0.2, 0.25) is 0 Å². The molecule has 2 N–H and O–H groups in total. The van der Waals surface area contributed by atoms with Crippen LogP contribution in [0.4, 0.5) is 13.2 Å². The monoisotopic (exact) mass is 414 g/mol. The third-order valence-corrected chi connectivity index (χ3v) is 5.01. The molecule has 0 atom stereocenters. The Labute approximate surface area is 169 Å². The van der Waals surface area contributed by atoms with Crippen molar-refractivity contribution in [3.05, 3.63) is 70.3 Å². The Bertz CT molecular complexity index is 1290. The highest BCUT2D eigenvalue weighted by molar-refractivity contribution is 5.80. The summed E-state index contributed by atoms with van der Waals surface area (Å²) in [5, 5.41) is 13.4. The van der Waals surface area contributed by atoms with Crippen molar-refractivity contribution >= 4 is 17.0 Å². The average Bonchev–Trinajstić information content (AvgIpc) is 3.20. The lowest BCUT2D eigenvalue weighted by Gasteiger charge is -2.08. The van der Waals surface area contributed by atoms with Crippen molar-refractivity contribution in [1.82, 2.24) is 19.7 Å². The summed E-state index contributed by atoms with van der Waals surface area (Å²) in [5.74, 6) is -2.80. The molecule has 0 saturated heterocycles. The quantitative estimate of drug-likeness (QED) is 0.514. The predicted molar refractivity (Wildman–Crippen MR) is 104 cm³/mol. The summed E-state index contributed by atoms with van der Waals surface area (Å²) in [6.45, 7) is 3.58. The predicted octanol–water partition coefficient (Wildman–Crippen LogP) is 4.14. The highest BCUT2D eigenvalue weighted by Gasteiger charge is 2.17. The van der Waals surface area contributed by atoms with Crippen LogP contribution in [0.25, 0.3) is 22.4 Å². The zero-order chi connectivity index (χ0) is 21.6. The molecule has 4 aromatic rings. The van der Waals surface area contributed by atoms with Gasteiger partial charge in [-0.25, -0.2) is 18.2 Å². The molecule has 6 nitrogen and oxygen atoms in total. The van der Waals surface area contributed by atoms with E-state index in [1.807, 2.05) is 0 Å². The van der Waals surface area contributed by atoms with E-state index in [1.54, 1.807) is 30.7 Å². The number of aromatic amines is 1. The van der Waals surface area contributed by atoms with Gasteiger partial charge < -0.3 is 10.1 Å². The van der Waals surface area contributed by atoms with Gasteiger partial charge >= 0.3 is 5.97 Å². The van der Waals surface area contributed by atoms with Gasteiger partial charge in [0.05, 0.1) is 24.2 Å². The average molecular weight is 414 g/mol. The van der Waals surface area contributed by atoms with Crippen molar-refractivity contribution in [1.29, 1.82) is 0 Å². The Morgan fingerprint density at radius 2 is 1.90 bits per heavy atom. The second kappa shape index (κ2) is 7.33. The zero-order valence-corrected chi connectivity index (χ0v) is 16.1.